The second-order valence-electron chi connectivity index (χ2n) is 6.28. The molecule has 7 heteroatoms. The molecular formula is C20H20F2N2O3. The first-order valence-electron chi connectivity index (χ1n) is 8.70. The van der Waals surface area contributed by atoms with E-state index >= 15 is 0 Å². The molecule has 1 N–H and O–H groups in total. The SMILES string of the molecule is O=C(NCc1ccccc1OC(F)F)c1ccc(CN2CCCC2=O)cc1. The fourth-order valence-electron chi connectivity index (χ4n) is 2.99. The summed E-state index contributed by atoms with van der Waals surface area (Å²) in [6.45, 7) is -1.54. The Kier molecular flexibility index (Phi) is 6.01. The maximum atomic E-state index is 12.4. The molecule has 1 fully saturated rings. The Hall–Kier alpha value is -2.96. The van der Waals surface area contributed by atoms with Crippen LogP contribution in [0.5, 0.6) is 5.75 Å². The average Bonchev–Trinajstić information content (AvgIpc) is 3.05. The summed E-state index contributed by atoms with van der Waals surface area (Å²) in [4.78, 5) is 25.8. The van der Waals surface area contributed by atoms with E-state index in [4.69, 9.17) is 0 Å². The van der Waals surface area contributed by atoms with Crippen molar-refractivity contribution in [3.8, 4) is 5.75 Å². The van der Waals surface area contributed by atoms with Gasteiger partial charge >= 0.3 is 6.61 Å². The van der Waals surface area contributed by atoms with E-state index in [-0.39, 0.29) is 24.1 Å². The molecule has 0 bridgehead atoms. The van der Waals surface area contributed by atoms with E-state index in [1.165, 1.54) is 6.07 Å². The Bertz CT molecular complexity index is 809. The summed E-state index contributed by atoms with van der Waals surface area (Å²) in [6.07, 6.45) is 1.48. The Morgan fingerprint density at radius 2 is 1.89 bits per heavy atom. The van der Waals surface area contributed by atoms with Crippen LogP contribution in [0.4, 0.5) is 8.78 Å². The Morgan fingerprint density at radius 1 is 1.15 bits per heavy atom. The van der Waals surface area contributed by atoms with Crippen LogP contribution in [-0.4, -0.2) is 29.9 Å². The zero-order valence-corrected chi connectivity index (χ0v) is 14.7. The van der Waals surface area contributed by atoms with E-state index in [1.54, 1.807) is 35.2 Å². The van der Waals surface area contributed by atoms with Crippen molar-refractivity contribution in [1.29, 1.82) is 0 Å². The van der Waals surface area contributed by atoms with E-state index in [0.29, 0.717) is 24.1 Å². The van der Waals surface area contributed by atoms with Crippen LogP contribution in [0.2, 0.25) is 0 Å². The molecule has 142 valence electrons. The summed E-state index contributed by atoms with van der Waals surface area (Å²) in [7, 11) is 0. The van der Waals surface area contributed by atoms with Crippen LogP contribution < -0.4 is 10.1 Å². The quantitative estimate of drug-likeness (QED) is 0.809. The predicted octanol–water partition coefficient (Wildman–Crippen LogP) is 3.34. The van der Waals surface area contributed by atoms with Gasteiger partial charge in [0.2, 0.25) is 5.91 Å². The van der Waals surface area contributed by atoms with Crippen LogP contribution in [0, 0.1) is 0 Å². The number of hydrogen-bond donors (Lipinski definition) is 1. The van der Waals surface area contributed by atoms with Gasteiger partial charge in [0.05, 0.1) is 0 Å². The highest BCUT2D eigenvalue weighted by atomic mass is 19.3. The number of nitrogens with one attached hydrogen (secondary N) is 1. The van der Waals surface area contributed by atoms with E-state index in [9.17, 15) is 18.4 Å². The molecule has 2 aromatic carbocycles. The average molecular weight is 374 g/mol. The predicted molar refractivity (Wildman–Crippen MR) is 95.3 cm³/mol. The van der Waals surface area contributed by atoms with Gasteiger partial charge in [0.15, 0.2) is 0 Å². The van der Waals surface area contributed by atoms with Gasteiger partial charge in [-0.15, -0.1) is 0 Å². The van der Waals surface area contributed by atoms with Crippen molar-refractivity contribution in [2.45, 2.75) is 32.5 Å². The monoisotopic (exact) mass is 374 g/mol. The lowest BCUT2D eigenvalue weighted by Crippen LogP contribution is -2.24. The third-order valence-corrected chi connectivity index (χ3v) is 4.39. The fraction of sp³-hybridized carbons (Fsp3) is 0.300. The number of alkyl halides is 2. The first-order valence-corrected chi connectivity index (χ1v) is 8.70. The summed E-state index contributed by atoms with van der Waals surface area (Å²) >= 11 is 0. The van der Waals surface area contributed by atoms with Crippen LogP contribution in [0.1, 0.15) is 34.3 Å². The molecule has 0 saturated carbocycles. The molecule has 1 saturated heterocycles. The molecule has 0 radical (unpaired) electrons. The van der Waals surface area contributed by atoms with Crippen molar-refractivity contribution in [2.24, 2.45) is 0 Å². The molecular weight excluding hydrogens is 354 g/mol. The van der Waals surface area contributed by atoms with Crippen LogP contribution in [0.15, 0.2) is 48.5 Å². The molecule has 1 aliphatic heterocycles. The number of ether oxygens (including phenoxy) is 1. The van der Waals surface area contributed by atoms with Crippen LogP contribution >= 0.6 is 0 Å². The molecule has 3 rings (SSSR count). The molecule has 1 aliphatic rings. The van der Waals surface area contributed by atoms with E-state index in [0.717, 1.165) is 18.5 Å². The largest absolute Gasteiger partial charge is 0.434 e. The van der Waals surface area contributed by atoms with Gasteiger partial charge in [0, 0.05) is 37.2 Å². The summed E-state index contributed by atoms with van der Waals surface area (Å²) in [5, 5.41) is 2.70. The van der Waals surface area contributed by atoms with E-state index in [1.807, 2.05) is 12.1 Å². The third kappa shape index (κ3) is 5.03. The molecule has 2 aromatic rings. The van der Waals surface area contributed by atoms with E-state index < -0.39 is 6.61 Å². The highest BCUT2D eigenvalue weighted by Crippen LogP contribution is 2.20. The van der Waals surface area contributed by atoms with Crippen LogP contribution in [-0.2, 0) is 17.9 Å². The summed E-state index contributed by atoms with van der Waals surface area (Å²) < 4.78 is 29.3. The van der Waals surface area contributed by atoms with Crippen molar-refractivity contribution >= 4 is 11.8 Å². The molecule has 0 unspecified atom stereocenters. The minimum atomic E-state index is -2.92. The molecule has 0 spiro atoms. The Morgan fingerprint density at radius 3 is 2.56 bits per heavy atom. The molecule has 0 atom stereocenters. The number of para-hydroxylation sites is 1. The Labute approximate surface area is 155 Å². The van der Waals surface area contributed by atoms with Gasteiger partial charge in [-0.3, -0.25) is 9.59 Å². The van der Waals surface area contributed by atoms with Gasteiger partial charge in [0.25, 0.3) is 5.91 Å². The van der Waals surface area contributed by atoms with Gasteiger partial charge in [0.1, 0.15) is 5.75 Å². The lowest BCUT2D eigenvalue weighted by atomic mass is 10.1. The molecule has 1 heterocycles. The van der Waals surface area contributed by atoms with Gasteiger partial charge in [-0.1, -0.05) is 30.3 Å². The van der Waals surface area contributed by atoms with Crippen molar-refractivity contribution < 1.29 is 23.1 Å². The van der Waals surface area contributed by atoms with Gasteiger partial charge in [-0.25, -0.2) is 0 Å². The third-order valence-electron chi connectivity index (χ3n) is 4.39. The second-order valence-corrected chi connectivity index (χ2v) is 6.28. The highest BCUT2D eigenvalue weighted by molar-refractivity contribution is 5.94. The number of benzene rings is 2. The standard InChI is InChI=1S/C20H20F2N2O3/c21-20(22)27-17-5-2-1-4-16(17)12-23-19(26)15-9-7-14(8-10-15)13-24-11-3-6-18(24)25/h1-2,4-5,7-10,20H,3,6,11-13H2,(H,23,26). The molecule has 27 heavy (non-hydrogen) atoms. The number of halogens is 2. The lowest BCUT2D eigenvalue weighted by Gasteiger charge is -2.15. The second kappa shape index (κ2) is 8.62. The van der Waals surface area contributed by atoms with Crippen molar-refractivity contribution in [3.63, 3.8) is 0 Å². The molecule has 5 nitrogen and oxygen atoms in total. The van der Waals surface area contributed by atoms with Crippen LogP contribution in [0.3, 0.4) is 0 Å². The number of carbonyl (C=O) groups is 2. The maximum absolute atomic E-state index is 12.4. The normalized spacial score (nSPS) is 13.9. The Balaban J connectivity index is 1.58. The van der Waals surface area contributed by atoms with Crippen molar-refractivity contribution in [1.82, 2.24) is 10.2 Å². The highest BCUT2D eigenvalue weighted by Gasteiger charge is 2.20. The zero-order valence-electron chi connectivity index (χ0n) is 14.7. The fourth-order valence-corrected chi connectivity index (χ4v) is 2.99. The molecule has 0 aromatic heterocycles. The number of hydrogen-bond acceptors (Lipinski definition) is 3. The van der Waals surface area contributed by atoms with E-state index in [2.05, 4.69) is 10.1 Å². The zero-order chi connectivity index (χ0) is 19.2. The maximum Gasteiger partial charge on any atom is 0.387 e. The van der Waals surface area contributed by atoms with Crippen molar-refractivity contribution in [2.75, 3.05) is 6.54 Å². The number of likely N-dealkylation sites (tertiary alicyclic amines) is 1. The smallest absolute Gasteiger partial charge is 0.387 e. The van der Waals surface area contributed by atoms with Crippen LogP contribution in [0.25, 0.3) is 0 Å². The first-order chi connectivity index (χ1) is 13.0. The number of nitrogens with zero attached hydrogens (tertiary/aromatic N) is 1. The summed E-state index contributed by atoms with van der Waals surface area (Å²) in [6, 6.07) is 13.3. The number of amides is 2. The topological polar surface area (TPSA) is 58.6 Å². The molecule has 0 aliphatic carbocycles. The lowest BCUT2D eigenvalue weighted by molar-refractivity contribution is -0.128. The van der Waals surface area contributed by atoms with Gasteiger partial charge in [-0.2, -0.15) is 8.78 Å². The molecule has 2 amide bonds. The number of rotatable bonds is 7. The summed E-state index contributed by atoms with van der Waals surface area (Å²) in [5.74, 6) is -0.120. The van der Waals surface area contributed by atoms with Crippen molar-refractivity contribution in [3.05, 3.63) is 65.2 Å². The van der Waals surface area contributed by atoms with Gasteiger partial charge in [-0.05, 0) is 30.2 Å². The minimum Gasteiger partial charge on any atom is -0.434 e. The number of carbonyl (C=O) groups excluding carboxylic acids is 2. The first kappa shape index (κ1) is 18.8. The summed E-state index contributed by atoms with van der Waals surface area (Å²) in [5.41, 5.74) is 1.88. The van der Waals surface area contributed by atoms with Gasteiger partial charge < -0.3 is 15.0 Å². The minimum absolute atomic E-state index is 0.0402.